The number of rotatable bonds is 4. The first-order chi connectivity index (χ1) is 5.36. The molecule has 0 spiro atoms. The molecule has 3 heteroatoms. The Hall–Kier alpha value is -0.570. The van der Waals surface area contributed by atoms with Crippen molar-refractivity contribution in [3.8, 4) is 0 Å². The van der Waals surface area contributed by atoms with Crippen molar-refractivity contribution in [2.24, 2.45) is 5.16 Å². The van der Waals surface area contributed by atoms with E-state index in [9.17, 15) is 0 Å². The molecule has 0 saturated carbocycles. The molecular weight excluding hydrogens is 142 g/mol. The largest absolute Gasteiger partial charge is 0.390 e. The molecule has 1 unspecified atom stereocenters. The Balaban J connectivity index is 2.14. The summed E-state index contributed by atoms with van der Waals surface area (Å²) in [7, 11) is 0. The van der Waals surface area contributed by atoms with Gasteiger partial charge in [0.1, 0.15) is 0 Å². The van der Waals surface area contributed by atoms with Crippen LogP contribution in [-0.4, -0.2) is 25.0 Å². The van der Waals surface area contributed by atoms with Crippen molar-refractivity contribution in [1.82, 2.24) is 0 Å². The van der Waals surface area contributed by atoms with Crippen molar-refractivity contribution in [2.45, 2.75) is 32.8 Å². The van der Waals surface area contributed by atoms with Crippen LogP contribution in [0.1, 0.15) is 26.7 Å². The van der Waals surface area contributed by atoms with Gasteiger partial charge < -0.3 is 9.57 Å². The van der Waals surface area contributed by atoms with E-state index in [2.05, 4.69) is 12.1 Å². The van der Waals surface area contributed by atoms with E-state index >= 15 is 0 Å². The standard InChI is InChI=1S/C8H15NO2/c1-3-7-5-8(11-9-7)6-10-4-2/h8H,3-6H2,1-2H3. The SMILES string of the molecule is CCOCC1CC(CC)=NO1. The van der Waals surface area contributed by atoms with Crippen LogP contribution in [0.15, 0.2) is 5.16 Å². The summed E-state index contributed by atoms with van der Waals surface area (Å²) < 4.78 is 5.21. The molecule has 0 saturated heterocycles. The van der Waals surface area contributed by atoms with Crippen LogP contribution in [0.25, 0.3) is 0 Å². The third-order valence-electron chi connectivity index (χ3n) is 1.71. The van der Waals surface area contributed by atoms with Crippen molar-refractivity contribution >= 4 is 5.71 Å². The molecule has 0 amide bonds. The van der Waals surface area contributed by atoms with Gasteiger partial charge in [-0.2, -0.15) is 0 Å². The zero-order valence-electron chi connectivity index (χ0n) is 7.17. The lowest BCUT2D eigenvalue weighted by atomic mass is 10.1. The minimum atomic E-state index is 0.171. The van der Waals surface area contributed by atoms with E-state index in [0.717, 1.165) is 25.2 Å². The molecular formula is C8H15NO2. The Bertz CT molecular complexity index is 145. The first-order valence-electron chi connectivity index (χ1n) is 4.16. The zero-order valence-corrected chi connectivity index (χ0v) is 7.17. The van der Waals surface area contributed by atoms with Crippen molar-refractivity contribution in [1.29, 1.82) is 0 Å². The van der Waals surface area contributed by atoms with Gasteiger partial charge in [0.2, 0.25) is 0 Å². The van der Waals surface area contributed by atoms with E-state index in [4.69, 9.17) is 9.57 Å². The van der Waals surface area contributed by atoms with Gasteiger partial charge in [-0.3, -0.25) is 0 Å². The molecule has 1 atom stereocenters. The fraction of sp³-hybridized carbons (Fsp3) is 0.875. The van der Waals surface area contributed by atoms with E-state index in [1.807, 2.05) is 6.92 Å². The number of ether oxygens (including phenoxy) is 1. The summed E-state index contributed by atoms with van der Waals surface area (Å²) in [5, 5.41) is 3.93. The lowest BCUT2D eigenvalue weighted by Gasteiger charge is -2.06. The minimum Gasteiger partial charge on any atom is -0.390 e. The molecule has 1 heterocycles. The number of oxime groups is 1. The van der Waals surface area contributed by atoms with Crippen molar-refractivity contribution in [3.63, 3.8) is 0 Å². The summed E-state index contributed by atoms with van der Waals surface area (Å²) in [4.78, 5) is 5.12. The van der Waals surface area contributed by atoms with Gasteiger partial charge in [-0.25, -0.2) is 0 Å². The second-order valence-electron chi connectivity index (χ2n) is 2.60. The van der Waals surface area contributed by atoms with Crippen LogP contribution in [0.4, 0.5) is 0 Å². The molecule has 11 heavy (non-hydrogen) atoms. The van der Waals surface area contributed by atoms with E-state index in [1.54, 1.807) is 0 Å². The molecule has 64 valence electrons. The fourth-order valence-corrected chi connectivity index (χ4v) is 1.03. The van der Waals surface area contributed by atoms with Gasteiger partial charge in [0.25, 0.3) is 0 Å². The lowest BCUT2D eigenvalue weighted by Crippen LogP contribution is -2.15. The molecule has 0 radical (unpaired) electrons. The van der Waals surface area contributed by atoms with Gasteiger partial charge in [-0.15, -0.1) is 0 Å². The second-order valence-corrected chi connectivity index (χ2v) is 2.60. The van der Waals surface area contributed by atoms with Crippen LogP contribution in [0.2, 0.25) is 0 Å². The third-order valence-corrected chi connectivity index (χ3v) is 1.71. The maximum atomic E-state index is 5.21. The Morgan fingerprint density at radius 1 is 1.64 bits per heavy atom. The van der Waals surface area contributed by atoms with Gasteiger partial charge in [0, 0.05) is 13.0 Å². The quantitative estimate of drug-likeness (QED) is 0.620. The van der Waals surface area contributed by atoms with E-state index in [0.29, 0.717) is 6.61 Å². The van der Waals surface area contributed by atoms with E-state index in [-0.39, 0.29) is 6.10 Å². The maximum Gasteiger partial charge on any atom is 0.156 e. The number of hydrogen-bond donors (Lipinski definition) is 0. The summed E-state index contributed by atoms with van der Waals surface area (Å²) in [6, 6.07) is 0. The van der Waals surface area contributed by atoms with Crippen LogP contribution >= 0.6 is 0 Å². The monoisotopic (exact) mass is 157 g/mol. The average molecular weight is 157 g/mol. The lowest BCUT2D eigenvalue weighted by molar-refractivity contribution is 0.00672. The Kier molecular flexibility index (Phi) is 3.36. The summed E-state index contributed by atoms with van der Waals surface area (Å²) in [6.07, 6.45) is 2.10. The van der Waals surface area contributed by atoms with Crippen LogP contribution < -0.4 is 0 Å². The third kappa shape index (κ3) is 2.50. The summed E-state index contributed by atoms with van der Waals surface area (Å²) in [5.74, 6) is 0. The van der Waals surface area contributed by atoms with Crippen molar-refractivity contribution in [3.05, 3.63) is 0 Å². The highest BCUT2D eigenvalue weighted by Gasteiger charge is 2.18. The minimum absolute atomic E-state index is 0.171. The van der Waals surface area contributed by atoms with Crippen LogP contribution in [0.5, 0.6) is 0 Å². The maximum absolute atomic E-state index is 5.21. The molecule has 0 bridgehead atoms. The van der Waals surface area contributed by atoms with Gasteiger partial charge in [-0.1, -0.05) is 12.1 Å². The normalized spacial score (nSPS) is 23.1. The Morgan fingerprint density at radius 3 is 3.00 bits per heavy atom. The highest BCUT2D eigenvalue weighted by atomic mass is 16.7. The average Bonchev–Trinajstić information content (AvgIpc) is 2.48. The van der Waals surface area contributed by atoms with Crippen LogP contribution in [-0.2, 0) is 9.57 Å². The van der Waals surface area contributed by atoms with E-state index in [1.165, 1.54) is 0 Å². The molecule has 1 rings (SSSR count). The fourth-order valence-electron chi connectivity index (χ4n) is 1.03. The smallest absolute Gasteiger partial charge is 0.156 e. The van der Waals surface area contributed by atoms with Crippen LogP contribution in [0.3, 0.4) is 0 Å². The van der Waals surface area contributed by atoms with Gasteiger partial charge in [-0.05, 0) is 13.3 Å². The molecule has 0 aromatic rings. The molecule has 0 fully saturated rings. The van der Waals surface area contributed by atoms with Crippen LogP contribution in [0, 0.1) is 0 Å². The predicted octanol–water partition coefficient (Wildman–Crippen LogP) is 1.58. The molecule has 3 nitrogen and oxygen atoms in total. The molecule has 0 aromatic heterocycles. The van der Waals surface area contributed by atoms with Gasteiger partial charge >= 0.3 is 0 Å². The molecule has 1 aliphatic rings. The Labute approximate surface area is 67.4 Å². The van der Waals surface area contributed by atoms with Gasteiger partial charge in [0.15, 0.2) is 6.10 Å². The summed E-state index contributed by atoms with van der Waals surface area (Å²) in [5.41, 5.74) is 1.15. The van der Waals surface area contributed by atoms with Gasteiger partial charge in [0.05, 0.1) is 12.3 Å². The summed E-state index contributed by atoms with van der Waals surface area (Å²) in [6.45, 7) is 5.49. The number of nitrogens with zero attached hydrogens (tertiary/aromatic N) is 1. The van der Waals surface area contributed by atoms with Crippen molar-refractivity contribution < 1.29 is 9.57 Å². The molecule has 1 aliphatic heterocycles. The molecule has 0 N–H and O–H groups in total. The second kappa shape index (κ2) is 4.34. The highest BCUT2D eigenvalue weighted by molar-refractivity contribution is 5.85. The predicted molar refractivity (Wildman–Crippen MR) is 43.7 cm³/mol. The highest BCUT2D eigenvalue weighted by Crippen LogP contribution is 2.12. The summed E-state index contributed by atoms with van der Waals surface area (Å²) >= 11 is 0. The van der Waals surface area contributed by atoms with E-state index < -0.39 is 0 Å². The Morgan fingerprint density at radius 2 is 2.45 bits per heavy atom. The zero-order chi connectivity index (χ0) is 8.10. The topological polar surface area (TPSA) is 30.8 Å². The number of hydrogen-bond acceptors (Lipinski definition) is 3. The van der Waals surface area contributed by atoms with Crippen molar-refractivity contribution in [2.75, 3.05) is 13.2 Å². The first kappa shape index (κ1) is 8.53. The molecule has 0 aliphatic carbocycles. The first-order valence-corrected chi connectivity index (χ1v) is 4.16. The molecule has 0 aromatic carbocycles.